The largest absolute Gasteiger partial charge is 0.508 e. The minimum atomic E-state index is 0.0650. The van der Waals surface area contributed by atoms with E-state index < -0.39 is 0 Å². The Balaban J connectivity index is 1.92. The molecule has 0 unspecified atom stereocenters. The van der Waals surface area contributed by atoms with Crippen molar-refractivity contribution in [3.8, 4) is 28.7 Å². The number of aryl methyl sites for hydroxylation is 4. The van der Waals surface area contributed by atoms with E-state index in [1.165, 1.54) is 0 Å². The Labute approximate surface area is 193 Å². The van der Waals surface area contributed by atoms with Crippen LogP contribution in [0.2, 0.25) is 0 Å². The van der Waals surface area contributed by atoms with Gasteiger partial charge in [-0.15, -0.1) is 0 Å². The number of anilines is 3. The van der Waals surface area contributed by atoms with Crippen LogP contribution in [0.3, 0.4) is 0 Å². The second-order valence-corrected chi connectivity index (χ2v) is 8.39. The highest BCUT2D eigenvalue weighted by molar-refractivity contribution is 5.82. The van der Waals surface area contributed by atoms with Gasteiger partial charge in [-0.3, -0.25) is 0 Å². The van der Waals surface area contributed by atoms with Crippen LogP contribution >= 0.6 is 0 Å². The van der Waals surface area contributed by atoms with Gasteiger partial charge in [0.1, 0.15) is 11.5 Å². The number of phenols is 3. The molecule has 0 spiro atoms. The van der Waals surface area contributed by atoms with Crippen molar-refractivity contribution in [2.24, 2.45) is 0 Å². The highest BCUT2D eigenvalue weighted by Gasteiger charge is 2.20. The summed E-state index contributed by atoms with van der Waals surface area (Å²) in [5, 5.41) is 31.2. The molecule has 5 heteroatoms. The lowest BCUT2D eigenvalue weighted by Gasteiger charge is -2.28. The van der Waals surface area contributed by atoms with Gasteiger partial charge >= 0.3 is 0 Å². The molecule has 5 nitrogen and oxygen atoms in total. The highest BCUT2D eigenvalue weighted by atomic mass is 16.5. The molecule has 168 valence electrons. The van der Waals surface area contributed by atoms with E-state index in [0.717, 1.165) is 22.3 Å². The summed E-state index contributed by atoms with van der Waals surface area (Å²) in [6, 6.07) is 21.7. The van der Waals surface area contributed by atoms with Crippen molar-refractivity contribution < 1.29 is 20.1 Å². The standard InChI is InChI=1S/C28H27NO4/c1-17-9-20(4)28(26(32)14-17)33-27-8-6-5-7-25(27)29(21-10-18(2)12-23(30)15-21)22-11-19(3)13-24(31)16-22/h5-16,30-32H,1-4H3. The normalized spacial score (nSPS) is 10.8. The zero-order chi connectivity index (χ0) is 23.7. The molecule has 4 aromatic rings. The molecule has 0 aliphatic rings. The van der Waals surface area contributed by atoms with Gasteiger partial charge in [0.2, 0.25) is 0 Å². The van der Waals surface area contributed by atoms with Gasteiger partial charge in [-0.2, -0.15) is 0 Å². The van der Waals surface area contributed by atoms with Crippen LogP contribution in [0.15, 0.2) is 72.8 Å². The smallest absolute Gasteiger partial charge is 0.172 e. The summed E-state index contributed by atoms with van der Waals surface area (Å²) in [5.74, 6) is 1.23. The van der Waals surface area contributed by atoms with Crippen LogP contribution in [0, 0.1) is 27.7 Å². The van der Waals surface area contributed by atoms with Crippen LogP contribution < -0.4 is 9.64 Å². The molecule has 0 radical (unpaired) electrons. The Morgan fingerprint density at radius 1 is 0.636 bits per heavy atom. The van der Waals surface area contributed by atoms with Gasteiger partial charge < -0.3 is 25.0 Å². The number of hydrogen-bond acceptors (Lipinski definition) is 5. The van der Waals surface area contributed by atoms with Crippen molar-refractivity contribution in [2.75, 3.05) is 4.90 Å². The van der Waals surface area contributed by atoms with E-state index in [-0.39, 0.29) is 17.2 Å². The molecule has 4 aromatic carbocycles. The molecule has 33 heavy (non-hydrogen) atoms. The van der Waals surface area contributed by atoms with Crippen LogP contribution in [0.1, 0.15) is 22.3 Å². The molecular weight excluding hydrogens is 414 g/mol. The first kappa shape index (κ1) is 22.1. The first-order chi connectivity index (χ1) is 15.7. The maximum absolute atomic E-state index is 10.5. The SMILES string of the molecule is Cc1cc(O)cc(N(c2cc(C)cc(O)c2)c2ccccc2Oc2c(C)cc(C)cc2O)c1. The molecule has 0 atom stereocenters. The van der Waals surface area contributed by atoms with Crippen molar-refractivity contribution >= 4 is 17.1 Å². The van der Waals surface area contributed by atoms with Crippen LogP contribution in [-0.2, 0) is 0 Å². The summed E-state index contributed by atoms with van der Waals surface area (Å²) in [6.45, 7) is 7.62. The van der Waals surface area contributed by atoms with E-state index in [0.29, 0.717) is 28.6 Å². The van der Waals surface area contributed by atoms with Crippen molar-refractivity contribution in [3.05, 3.63) is 95.1 Å². The molecule has 0 aliphatic heterocycles. The summed E-state index contributed by atoms with van der Waals surface area (Å²) < 4.78 is 6.25. The summed E-state index contributed by atoms with van der Waals surface area (Å²) in [4.78, 5) is 1.91. The number of para-hydroxylation sites is 2. The predicted molar refractivity (Wildman–Crippen MR) is 132 cm³/mol. The molecule has 3 N–H and O–H groups in total. The average Bonchev–Trinajstić information content (AvgIpc) is 2.70. The molecule has 0 amide bonds. The molecule has 0 bridgehead atoms. The van der Waals surface area contributed by atoms with E-state index >= 15 is 0 Å². The Morgan fingerprint density at radius 2 is 1.18 bits per heavy atom. The summed E-state index contributed by atoms with van der Waals surface area (Å²) in [6.07, 6.45) is 0. The van der Waals surface area contributed by atoms with E-state index in [1.807, 2.05) is 75.1 Å². The number of benzene rings is 4. The van der Waals surface area contributed by atoms with Crippen molar-refractivity contribution in [3.63, 3.8) is 0 Å². The zero-order valence-electron chi connectivity index (χ0n) is 19.1. The van der Waals surface area contributed by atoms with Crippen LogP contribution in [-0.4, -0.2) is 15.3 Å². The fourth-order valence-corrected chi connectivity index (χ4v) is 4.07. The lowest BCUT2D eigenvalue weighted by molar-refractivity contribution is 0.409. The number of hydrogen-bond donors (Lipinski definition) is 3. The highest BCUT2D eigenvalue weighted by Crippen LogP contribution is 2.45. The molecule has 0 fully saturated rings. The van der Waals surface area contributed by atoms with Crippen molar-refractivity contribution in [1.82, 2.24) is 0 Å². The quantitative estimate of drug-likeness (QED) is 0.303. The molecule has 4 rings (SSSR count). The Hall–Kier alpha value is -4.12. The first-order valence-corrected chi connectivity index (χ1v) is 10.7. The van der Waals surface area contributed by atoms with Crippen LogP contribution in [0.4, 0.5) is 17.1 Å². The van der Waals surface area contributed by atoms with E-state index in [4.69, 9.17) is 4.74 Å². The van der Waals surface area contributed by atoms with E-state index in [1.54, 1.807) is 30.3 Å². The number of rotatable bonds is 5. The second kappa shape index (κ2) is 8.79. The van der Waals surface area contributed by atoms with Gasteiger partial charge in [-0.1, -0.05) is 18.2 Å². The van der Waals surface area contributed by atoms with Crippen LogP contribution in [0.5, 0.6) is 28.7 Å². The molecule has 0 aromatic heterocycles. The van der Waals surface area contributed by atoms with Crippen molar-refractivity contribution in [1.29, 1.82) is 0 Å². The summed E-state index contributed by atoms with van der Waals surface area (Å²) in [5.41, 5.74) is 5.63. The van der Waals surface area contributed by atoms with Crippen LogP contribution in [0.25, 0.3) is 0 Å². The van der Waals surface area contributed by atoms with Crippen molar-refractivity contribution in [2.45, 2.75) is 27.7 Å². The van der Waals surface area contributed by atoms with Gasteiger partial charge in [-0.05, 0) is 92.4 Å². The number of nitrogens with zero attached hydrogens (tertiary/aromatic N) is 1. The third-order valence-corrected chi connectivity index (χ3v) is 5.33. The fourth-order valence-electron chi connectivity index (χ4n) is 4.07. The Bertz CT molecular complexity index is 1210. The second-order valence-electron chi connectivity index (χ2n) is 8.39. The van der Waals surface area contributed by atoms with Gasteiger partial charge in [0, 0.05) is 12.1 Å². The lowest BCUT2D eigenvalue weighted by Crippen LogP contribution is -2.11. The van der Waals surface area contributed by atoms with Gasteiger partial charge in [0.25, 0.3) is 0 Å². The maximum Gasteiger partial charge on any atom is 0.172 e. The minimum absolute atomic E-state index is 0.0650. The van der Waals surface area contributed by atoms with E-state index in [2.05, 4.69) is 0 Å². The third kappa shape index (κ3) is 4.72. The lowest BCUT2D eigenvalue weighted by atomic mass is 10.1. The molecule has 0 saturated heterocycles. The monoisotopic (exact) mass is 441 g/mol. The Morgan fingerprint density at radius 3 is 1.73 bits per heavy atom. The number of aromatic hydroxyl groups is 3. The minimum Gasteiger partial charge on any atom is -0.508 e. The summed E-state index contributed by atoms with van der Waals surface area (Å²) >= 11 is 0. The fraction of sp³-hybridized carbons (Fsp3) is 0.143. The molecule has 0 aliphatic carbocycles. The Kier molecular flexibility index (Phi) is 5.88. The predicted octanol–water partition coefficient (Wildman–Crippen LogP) is 7.30. The molecule has 0 heterocycles. The zero-order valence-corrected chi connectivity index (χ0v) is 19.1. The summed E-state index contributed by atoms with van der Waals surface area (Å²) in [7, 11) is 0. The van der Waals surface area contributed by atoms with Gasteiger partial charge in [-0.25, -0.2) is 0 Å². The van der Waals surface area contributed by atoms with Gasteiger partial charge in [0.15, 0.2) is 17.2 Å². The average molecular weight is 442 g/mol. The molecular formula is C28H27NO4. The third-order valence-electron chi connectivity index (χ3n) is 5.33. The molecule has 0 saturated carbocycles. The number of phenolic OH excluding ortho intramolecular Hbond substituents is 3. The van der Waals surface area contributed by atoms with Gasteiger partial charge in [0.05, 0.1) is 17.1 Å². The number of ether oxygens (including phenoxy) is 1. The van der Waals surface area contributed by atoms with E-state index in [9.17, 15) is 15.3 Å². The first-order valence-electron chi connectivity index (χ1n) is 10.7. The maximum atomic E-state index is 10.5. The topological polar surface area (TPSA) is 73.2 Å².